The Morgan fingerprint density at radius 2 is 2.10 bits per heavy atom. The first kappa shape index (κ1) is 15.5. The summed E-state index contributed by atoms with van der Waals surface area (Å²) >= 11 is 8.09. The van der Waals surface area contributed by atoms with E-state index in [9.17, 15) is 4.79 Å². The van der Waals surface area contributed by atoms with Crippen molar-refractivity contribution in [3.05, 3.63) is 45.2 Å². The lowest BCUT2D eigenvalue weighted by Crippen LogP contribution is -2.13. The number of carbonyl (C=O) groups is 1. The van der Waals surface area contributed by atoms with Crippen molar-refractivity contribution < 1.29 is 9.21 Å². The van der Waals surface area contributed by atoms with E-state index in [1.807, 2.05) is 30.3 Å². The van der Waals surface area contributed by atoms with Crippen molar-refractivity contribution in [2.24, 2.45) is 5.73 Å². The second-order valence-electron chi connectivity index (χ2n) is 3.94. The van der Waals surface area contributed by atoms with Crippen molar-refractivity contribution in [3.8, 4) is 0 Å². The van der Waals surface area contributed by atoms with Crippen molar-refractivity contribution >= 4 is 55.2 Å². The number of amides is 1. The van der Waals surface area contributed by atoms with Gasteiger partial charge in [-0.1, -0.05) is 12.1 Å². The van der Waals surface area contributed by atoms with Gasteiger partial charge in [0.25, 0.3) is 0 Å². The maximum absolute atomic E-state index is 10.9. The minimum atomic E-state index is -0.330. The molecule has 1 aromatic heterocycles. The second kappa shape index (κ2) is 7.19. The molecule has 7 heteroatoms. The third-order valence-electron chi connectivity index (χ3n) is 2.41. The van der Waals surface area contributed by atoms with Crippen LogP contribution in [0, 0.1) is 0 Å². The van der Waals surface area contributed by atoms with Gasteiger partial charge in [0.1, 0.15) is 5.76 Å². The van der Waals surface area contributed by atoms with Crippen molar-refractivity contribution in [1.82, 2.24) is 0 Å². The van der Waals surface area contributed by atoms with E-state index >= 15 is 0 Å². The van der Waals surface area contributed by atoms with Crippen LogP contribution in [0.25, 0.3) is 0 Å². The van der Waals surface area contributed by atoms with Crippen molar-refractivity contribution in [1.29, 1.82) is 0 Å². The maximum Gasteiger partial charge on any atom is 0.227 e. The van der Waals surface area contributed by atoms with E-state index in [2.05, 4.69) is 37.2 Å². The molecule has 0 unspecified atom stereocenters. The third kappa shape index (κ3) is 4.29. The summed E-state index contributed by atoms with van der Waals surface area (Å²) in [6.07, 6.45) is 0. The molecular formula is C13H12Br2N2O2S. The molecule has 0 radical (unpaired) electrons. The van der Waals surface area contributed by atoms with E-state index in [-0.39, 0.29) is 11.7 Å². The molecule has 0 bridgehead atoms. The molecule has 106 valence electrons. The zero-order chi connectivity index (χ0) is 14.5. The highest BCUT2D eigenvalue weighted by atomic mass is 79.9. The summed E-state index contributed by atoms with van der Waals surface area (Å²) in [6, 6.07) is 9.66. The van der Waals surface area contributed by atoms with Crippen LogP contribution >= 0.6 is 43.6 Å². The van der Waals surface area contributed by atoms with Gasteiger partial charge >= 0.3 is 0 Å². The number of primary amides is 1. The van der Waals surface area contributed by atoms with Gasteiger partial charge in [0.15, 0.2) is 4.67 Å². The van der Waals surface area contributed by atoms with Crippen LogP contribution < -0.4 is 11.1 Å². The van der Waals surface area contributed by atoms with Gasteiger partial charge in [0.05, 0.1) is 16.8 Å². The molecule has 1 heterocycles. The van der Waals surface area contributed by atoms with E-state index < -0.39 is 0 Å². The van der Waals surface area contributed by atoms with Crippen LogP contribution in [-0.4, -0.2) is 11.7 Å². The number of halogens is 2. The number of thioether (sulfide) groups is 1. The molecule has 1 amide bonds. The molecular weight excluding hydrogens is 408 g/mol. The van der Waals surface area contributed by atoms with E-state index in [4.69, 9.17) is 10.2 Å². The number of nitrogens with two attached hydrogens (primary N) is 1. The Morgan fingerprint density at radius 3 is 2.75 bits per heavy atom. The summed E-state index contributed by atoms with van der Waals surface area (Å²) in [5, 5.41) is 3.29. The number of anilines is 1. The van der Waals surface area contributed by atoms with Crippen LogP contribution in [0.1, 0.15) is 5.76 Å². The second-order valence-corrected chi connectivity index (χ2v) is 6.53. The number of benzene rings is 1. The first-order valence-electron chi connectivity index (χ1n) is 5.74. The highest BCUT2D eigenvalue weighted by molar-refractivity contribution is 9.13. The van der Waals surface area contributed by atoms with Crippen LogP contribution in [0.2, 0.25) is 0 Å². The SMILES string of the molecule is NC(=O)CSc1ccccc1NCc1cc(Br)c(Br)o1. The molecule has 1 aromatic carbocycles. The lowest BCUT2D eigenvalue weighted by atomic mass is 10.3. The number of nitrogens with one attached hydrogen (secondary N) is 1. The van der Waals surface area contributed by atoms with Crippen LogP contribution in [-0.2, 0) is 11.3 Å². The van der Waals surface area contributed by atoms with Gasteiger partial charge in [-0.25, -0.2) is 0 Å². The molecule has 20 heavy (non-hydrogen) atoms. The van der Waals surface area contributed by atoms with Gasteiger partial charge in [0, 0.05) is 10.6 Å². The van der Waals surface area contributed by atoms with Crippen molar-refractivity contribution in [2.45, 2.75) is 11.4 Å². The van der Waals surface area contributed by atoms with E-state index in [0.717, 1.165) is 20.8 Å². The number of hydrogen-bond acceptors (Lipinski definition) is 4. The van der Waals surface area contributed by atoms with Gasteiger partial charge in [0.2, 0.25) is 5.91 Å². The van der Waals surface area contributed by atoms with Crippen LogP contribution in [0.3, 0.4) is 0 Å². The van der Waals surface area contributed by atoms with Gasteiger partial charge < -0.3 is 15.5 Å². The molecule has 2 aromatic rings. The number of furan rings is 1. The Morgan fingerprint density at radius 1 is 1.35 bits per heavy atom. The molecule has 2 rings (SSSR count). The Kier molecular flexibility index (Phi) is 5.56. The first-order chi connectivity index (χ1) is 9.56. The summed E-state index contributed by atoms with van der Waals surface area (Å²) in [7, 11) is 0. The van der Waals surface area contributed by atoms with Crippen molar-refractivity contribution in [3.63, 3.8) is 0 Å². The van der Waals surface area contributed by atoms with Crippen molar-refractivity contribution in [2.75, 3.05) is 11.1 Å². The topological polar surface area (TPSA) is 68.3 Å². The van der Waals surface area contributed by atoms with E-state index in [0.29, 0.717) is 11.2 Å². The van der Waals surface area contributed by atoms with Gasteiger partial charge in [-0.15, -0.1) is 11.8 Å². The summed E-state index contributed by atoms with van der Waals surface area (Å²) in [5.74, 6) is 0.735. The average molecular weight is 420 g/mol. The zero-order valence-corrected chi connectivity index (χ0v) is 14.3. The summed E-state index contributed by atoms with van der Waals surface area (Å²) in [4.78, 5) is 11.8. The normalized spacial score (nSPS) is 10.5. The van der Waals surface area contributed by atoms with Crippen LogP contribution in [0.4, 0.5) is 5.69 Å². The predicted octanol–water partition coefficient (Wildman–Crippen LogP) is 3.99. The first-order valence-corrected chi connectivity index (χ1v) is 8.31. The molecule has 0 aliphatic carbocycles. The molecule has 0 aliphatic rings. The molecule has 4 nitrogen and oxygen atoms in total. The fourth-order valence-corrected chi connectivity index (χ4v) is 2.98. The number of para-hydroxylation sites is 1. The van der Waals surface area contributed by atoms with Crippen LogP contribution in [0.15, 0.2) is 48.8 Å². The standard InChI is InChI=1S/C13H12Br2N2O2S/c14-9-5-8(19-13(9)15)6-17-10-3-1-2-4-11(10)20-7-12(16)18/h1-5,17H,6-7H2,(H2,16,18). The smallest absolute Gasteiger partial charge is 0.227 e. The molecule has 0 aliphatic heterocycles. The van der Waals surface area contributed by atoms with E-state index in [1.54, 1.807) is 0 Å². The largest absolute Gasteiger partial charge is 0.451 e. The molecule has 0 saturated carbocycles. The monoisotopic (exact) mass is 418 g/mol. The molecule has 3 N–H and O–H groups in total. The van der Waals surface area contributed by atoms with Gasteiger partial charge in [-0.2, -0.15) is 0 Å². The quantitative estimate of drug-likeness (QED) is 0.694. The Hall–Kier alpha value is -0.920. The average Bonchev–Trinajstić information content (AvgIpc) is 2.74. The minimum Gasteiger partial charge on any atom is -0.451 e. The van der Waals surface area contributed by atoms with E-state index in [1.165, 1.54) is 11.8 Å². The molecule has 0 fully saturated rings. The molecule has 0 spiro atoms. The number of rotatable bonds is 6. The maximum atomic E-state index is 10.9. The highest BCUT2D eigenvalue weighted by Crippen LogP contribution is 2.29. The fourth-order valence-electron chi connectivity index (χ4n) is 1.55. The zero-order valence-electron chi connectivity index (χ0n) is 10.4. The Labute approximate surface area is 137 Å². The third-order valence-corrected chi connectivity index (χ3v) is 5.21. The molecule has 0 atom stereocenters. The molecule has 0 saturated heterocycles. The Bertz CT molecular complexity index is 597. The lowest BCUT2D eigenvalue weighted by Gasteiger charge is -2.09. The van der Waals surface area contributed by atoms with Crippen LogP contribution in [0.5, 0.6) is 0 Å². The summed E-state index contributed by atoms with van der Waals surface area (Å²) < 4.78 is 7.05. The van der Waals surface area contributed by atoms with Gasteiger partial charge in [-0.3, -0.25) is 4.79 Å². The number of carbonyl (C=O) groups excluding carboxylic acids is 1. The Balaban J connectivity index is 2.03. The summed E-state index contributed by atoms with van der Waals surface area (Å²) in [6.45, 7) is 0.554. The number of hydrogen-bond donors (Lipinski definition) is 2. The minimum absolute atomic E-state index is 0.260. The summed E-state index contributed by atoms with van der Waals surface area (Å²) in [5.41, 5.74) is 6.12. The highest BCUT2D eigenvalue weighted by Gasteiger charge is 2.08. The lowest BCUT2D eigenvalue weighted by molar-refractivity contribution is -0.115. The fraction of sp³-hybridized carbons (Fsp3) is 0.154. The van der Waals surface area contributed by atoms with Gasteiger partial charge in [-0.05, 0) is 50.1 Å². The predicted molar refractivity (Wildman–Crippen MR) is 87.8 cm³/mol.